The van der Waals surface area contributed by atoms with Crippen molar-refractivity contribution in [1.29, 1.82) is 0 Å². The third-order valence-electron chi connectivity index (χ3n) is 2.62. The number of cyclic esters (lactones) is 1. The van der Waals surface area contributed by atoms with E-state index < -0.39 is 6.04 Å². The van der Waals surface area contributed by atoms with Gasteiger partial charge in [-0.2, -0.15) is 0 Å². The normalized spacial score (nSPS) is 26.1. The highest BCUT2D eigenvalue weighted by Crippen LogP contribution is 2.34. The number of carbonyl (C=O) groups is 1. The SMILES string of the molecule is CCCC1(CCC)CC(N)C(=O)O1. The van der Waals surface area contributed by atoms with Gasteiger partial charge in [-0.05, 0) is 12.8 Å². The highest BCUT2D eigenvalue weighted by atomic mass is 16.6. The van der Waals surface area contributed by atoms with Crippen LogP contribution in [0.3, 0.4) is 0 Å². The first-order chi connectivity index (χ1) is 6.13. The summed E-state index contributed by atoms with van der Waals surface area (Å²) in [6, 6.07) is -0.391. The lowest BCUT2D eigenvalue weighted by Crippen LogP contribution is -2.29. The van der Waals surface area contributed by atoms with Gasteiger partial charge in [-0.1, -0.05) is 26.7 Å². The van der Waals surface area contributed by atoms with Gasteiger partial charge in [0.05, 0.1) is 0 Å². The minimum atomic E-state index is -0.391. The minimum Gasteiger partial charge on any atom is -0.458 e. The van der Waals surface area contributed by atoms with Crippen LogP contribution in [-0.4, -0.2) is 17.6 Å². The molecule has 0 saturated carbocycles. The van der Waals surface area contributed by atoms with E-state index in [2.05, 4.69) is 13.8 Å². The van der Waals surface area contributed by atoms with E-state index >= 15 is 0 Å². The first kappa shape index (κ1) is 10.5. The van der Waals surface area contributed by atoms with Crippen LogP contribution in [0.2, 0.25) is 0 Å². The lowest BCUT2D eigenvalue weighted by Gasteiger charge is -2.26. The van der Waals surface area contributed by atoms with Gasteiger partial charge >= 0.3 is 5.97 Å². The number of rotatable bonds is 4. The van der Waals surface area contributed by atoms with Crippen molar-refractivity contribution in [3.05, 3.63) is 0 Å². The smallest absolute Gasteiger partial charge is 0.323 e. The van der Waals surface area contributed by atoms with Crippen molar-refractivity contribution in [3.63, 3.8) is 0 Å². The van der Waals surface area contributed by atoms with E-state index in [4.69, 9.17) is 10.5 Å². The maximum atomic E-state index is 11.2. The van der Waals surface area contributed by atoms with E-state index in [9.17, 15) is 4.79 Å². The van der Waals surface area contributed by atoms with Crippen molar-refractivity contribution in [1.82, 2.24) is 0 Å². The van der Waals surface area contributed by atoms with Crippen LogP contribution in [0.5, 0.6) is 0 Å². The summed E-state index contributed by atoms with van der Waals surface area (Å²) in [5.41, 5.74) is 5.40. The zero-order chi connectivity index (χ0) is 9.90. The molecule has 0 aromatic rings. The molecule has 0 amide bonds. The van der Waals surface area contributed by atoms with Crippen molar-refractivity contribution < 1.29 is 9.53 Å². The Morgan fingerprint density at radius 1 is 1.46 bits per heavy atom. The molecule has 2 N–H and O–H groups in total. The summed E-state index contributed by atoms with van der Waals surface area (Å²) in [5.74, 6) is -0.220. The van der Waals surface area contributed by atoms with Gasteiger partial charge in [-0.3, -0.25) is 4.79 Å². The quantitative estimate of drug-likeness (QED) is 0.677. The molecule has 1 heterocycles. The molecule has 1 aliphatic heterocycles. The van der Waals surface area contributed by atoms with Crippen molar-refractivity contribution in [2.45, 2.75) is 57.6 Å². The largest absolute Gasteiger partial charge is 0.458 e. The van der Waals surface area contributed by atoms with Crippen LogP contribution >= 0.6 is 0 Å². The van der Waals surface area contributed by atoms with Crippen LogP contribution in [0.1, 0.15) is 46.0 Å². The van der Waals surface area contributed by atoms with Crippen LogP contribution in [0.25, 0.3) is 0 Å². The predicted molar refractivity (Wildman–Crippen MR) is 51.2 cm³/mol. The molecule has 76 valence electrons. The molecule has 1 rings (SSSR count). The molecule has 0 radical (unpaired) electrons. The van der Waals surface area contributed by atoms with Crippen molar-refractivity contribution in [2.75, 3.05) is 0 Å². The van der Waals surface area contributed by atoms with Crippen molar-refractivity contribution in [3.8, 4) is 0 Å². The molecule has 0 bridgehead atoms. The number of hydrogen-bond donors (Lipinski definition) is 1. The van der Waals surface area contributed by atoms with Gasteiger partial charge in [0.15, 0.2) is 0 Å². The Hall–Kier alpha value is -0.570. The third kappa shape index (κ3) is 2.21. The molecule has 1 atom stereocenters. The molecular weight excluding hydrogens is 166 g/mol. The Morgan fingerprint density at radius 2 is 2.00 bits per heavy atom. The summed E-state index contributed by atoms with van der Waals surface area (Å²) in [6.45, 7) is 4.21. The van der Waals surface area contributed by atoms with Gasteiger partial charge < -0.3 is 10.5 Å². The topological polar surface area (TPSA) is 52.3 Å². The van der Waals surface area contributed by atoms with E-state index in [0.29, 0.717) is 6.42 Å². The average Bonchev–Trinajstić information content (AvgIpc) is 2.29. The van der Waals surface area contributed by atoms with Crippen molar-refractivity contribution >= 4 is 5.97 Å². The fourth-order valence-electron chi connectivity index (χ4n) is 2.16. The lowest BCUT2D eigenvalue weighted by atomic mass is 9.89. The molecule has 1 unspecified atom stereocenters. The number of nitrogens with two attached hydrogens (primary N) is 1. The maximum Gasteiger partial charge on any atom is 0.323 e. The second kappa shape index (κ2) is 4.09. The van der Waals surface area contributed by atoms with Crippen LogP contribution in [0, 0.1) is 0 Å². The van der Waals surface area contributed by atoms with Crippen LogP contribution in [0.4, 0.5) is 0 Å². The first-order valence-electron chi connectivity index (χ1n) is 5.12. The fourth-order valence-corrected chi connectivity index (χ4v) is 2.16. The third-order valence-corrected chi connectivity index (χ3v) is 2.62. The second-order valence-electron chi connectivity index (χ2n) is 3.91. The van der Waals surface area contributed by atoms with Gasteiger partial charge in [0.2, 0.25) is 0 Å². The zero-order valence-corrected chi connectivity index (χ0v) is 8.51. The van der Waals surface area contributed by atoms with Crippen LogP contribution < -0.4 is 5.73 Å². The highest BCUT2D eigenvalue weighted by Gasteiger charge is 2.43. The fraction of sp³-hybridized carbons (Fsp3) is 0.900. The van der Waals surface area contributed by atoms with Crippen LogP contribution in [0.15, 0.2) is 0 Å². The lowest BCUT2D eigenvalue weighted by molar-refractivity contribution is -0.150. The molecule has 3 nitrogen and oxygen atoms in total. The van der Waals surface area contributed by atoms with Gasteiger partial charge in [0.25, 0.3) is 0 Å². The van der Waals surface area contributed by atoms with Gasteiger partial charge in [0.1, 0.15) is 11.6 Å². The van der Waals surface area contributed by atoms with E-state index in [-0.39, 0.29) is 11.6 Å². The summed E-state index contributed by atoms with van der Waals surface area (Å²) >= 11 is 0. The van der Waals surface area contributed by atoms with Crippen molar-refractivity contribution in [2.24, 2.45) is 5.73 Å². The molecule has 1 aliphatic rings. The summed E-state index contributed by atoms with van der Waals surface area (Å²) in [5, 5.41) is 0. The standard InChI is InChI=1S/C10H19NO2/c1-3-5-10(6-4-2)7-8(11)9(12)13-10/h8H,3-7,11H2,1-2H3. The molecule has 0 aliphatic carbocycles. The maximum absolute atomic E-state index is 11.2. The van der Waals surface area contributed by atoms with E-state index in [1.54, 1.807) is 0 Å². The molecule has 1 fully saturated rings. The molecule has 1 saturated heterocycles. The Balaban J connectivity index is 2.64. The Kier molecular flexibility index (Phi) is 3.31. The number of carbonyl (C=O) groups excluding carboxylic acids is 1. The Labute approximate surface area is 79.6 Å². The molecule has 3 heteroatoms. The van der Waals surface area contributed by atoms with E-state index in [1.807, 2.05) is 0 Å². The monoisotopic (exact) mass is 185 g/mol. The first-order valence-corrected chi connectivity index (χ1v) is 5.12. The Bertz CT molecular complexity index is 185. The van der Waals surface area contributed by atoms with E-state index in [1.165, 1.54) is 0 Å². The summed E-state index contributed by atoms with van der Waals surface area (Å²) in [4.78, 5) is 11.2. The second-order valence-corrected chi connectivity index (χ2v) is 3.91. The highest BCUT2D eigenvalue weighted by molar-refractivity contribution is 5.78. The van der Waals surface area contributed by atoms with E-state index in [0.717, 1.165) is 25.7 Å². The Morgan fingerprint density at radius 3 is 2.31 bits per heavy atom. The molecular formula is C10H19NO2. The molecule has 0 spiro atoms. The molecule has 0 aromatic heterocycles. The summed E-state index contributed by atoms with van der Waals surface area (Å²) in [7, 11) is 0. The molecule has 13 heavy (non-hydrogen) atoms. The zero-order valence-electron chi connectivity index (χ0n) is 8.51. The number of ether oxygens (including phenoxy) is 1. The van der Waals surface area contributed by atoms with Crippen LogP contribution in [-0.2, 0) is 9.53 Å². The van der Waals surface area contributed by atoms with Gasteiger partial charge in [0, 0.05) is 6.42 Å². The summed E-state index contributed by atoms with van der Waals surface area (Å²) in [6.07, 6.45) is 4.67. The predicted octanol–water partition coefficient (Wildman–Crippen LogP) is 1.60. The average molecular weight is 185 g/mol. The minimum absolute atomic E-state index is 0.220. The number of esters is 1. The van der Waals surface area contributed by atoms with Gasteiger partial charge in [-0.15, -0.1) is 0 Å². The molecule has 0 aromatic carbocycles. The van der Waals surface area contributed by atoms with Gasteiger partial charge in [-0.25, -0.2) is 0 Å². The summed E-state index contributed by atoms with van der Waals surface area (Å²) < 4.78 is 5.38. The number of hydrogen-bond acceptors (Lipinski definition) is 3.